The Balaban J connectivity index is 1.74. The van der Waals surface area contributed by atoms with Crippen molar-refractivity contribution >= 4 is 5.91 Å². The SMILES string of the molecule is COc1ccccc1CN(CCc1ccc(F)cc1)C(=O)[C@H]1CCCN1. The van der Waals surface area contributed by atoms with Gasteiger partial charge < -0.3 is 15.0 Å². The van der Waals surface area contributed by atoms with Gasteiger partial charge in [-0.25, -0.2) is 4.39 Å². The summed E-state index contributed by atoms with van der Waals surface area (Å²) in [7, 11) is 1.64. The van der Waals surface area contributed by atoms with E-state index in [1.165, 1.54) is 12.1 Å². The second-order valence-corrected chi connectivity index (χ2v) is 6.60. The van der Waals surface area contributed by atoms with Gasteiger partial charge in [0, 0.05) is 18.7 Å². The van der Waals surface area contributed by atoms with Crippen molar-refractivity contribution in [2.24, 2.45) is 0 Å². The van der Waals surface area contributed by atoms with Gasteiger partial charge in [-0.05, 0) is 49.6 Å². The molecule has 1 fully saturated rings. The highest BCUT2D eigenvalue weighted by atomic mass is 19.1. The Kier molecular flexibility index (Phi) is 6.23. The summed E-state index contributed by atoms with van der Waals surface area (Å²) in [5, 5.41) is 3.28. The molecule has 1 saturated heterocycles. The van der Waals surface area contributed by atoms with Crippen LogP contribution in [-0.2, 0) is 17.8 Å². The summed E-state index contributed by atoms with van der Waals surface area (Å²) in [5.41, 5.74) is 2.00. The van der Waals surface area contributed by atoms with Crippen LogP contribution in [0.15, 0.2) is 48.5 Å². The van der Waals surface area contributed by atoms with E-state index >= 15 is 0 Å². The lowest BCUT2D eigenvalue weighted by molar-refractivity contribution is -0.133. The van der Waals surface area contributed by atoms with Crippen LogP contribution < -0.4 is 10.1 Å². The molecule has 138 valence electrons. The van der Waals surface area contributed by atoms with Gasteiger partial charge in [0.15, 0.2) is 0 Å². The number of ether oxygens (including phenoxy) is 1. The van der Waals surface area contributed by atoms with Crippen molar-refractivity contribution in [2.75, 3.05) is 20.2 Å². The second-order valence-electron chi connectivity index (χ2n) is 6.60. The maximum atomic E-state index is 13.1. The molecule has 0 aliphatic carbocycles. The van der Waals surface area contributed by atoms with Crippen molar-refractivity contribution in [1.29, 1.82) is 0 Å². The Bertz CT molecular complexity index is 727. The number of rotatable bonds is 7. The quantitative estimate of drug-likeness (QED) is 0.829. The third kappa shape index (κ3) is 4.61. The standard InChI is InChI=1S/C21H25FN2O2/c1-26-20-7-3-2-5-17(20)15-24(21(25)19-6-4-13-23-19)14-12-16-8-10-18(22)11-9-16/h2-3,5,7-11,19,23H,4,6,12-15H2,1H3/t19-/m1/s1. The number of hydrogen-bond donors (Lipinski definition) is 1. The first-order valence-corrected chi connectivity index (χ1v) is 9.06. The van der Waals surface area contributed by atoms with Gasteiger partial charge in [-0.15, -0.1) is 0 Å². The molecule has 26 heavy (non-hydrogen) atoms. The van der Waals surface area contributed by atoms with Crippen LogP contribution in [0.25, 0.3) is 0 Å². The maximum absolute atomic E-state index is 13.1. The van der Waals surface area contributed by atoms with Gasteiger partial charge in [0.1, 0.15) is 11.6 Å². The minimum absolute atomic E-state index is 0.113. The maximum Gasteiger partial charge on any atom is 0.240 e. The van der Waals surface area contributed by atoms with Gasteiger partial charge in [0.2, 0.25) is 5.91 Å². The number of halogens is 1. The van der Waals surface area contributed by atoms with E-state index < -0.39 is 0 Å². The summed E-state index contributed by atoms with van der Waals surface area (Å²) >= 11 is 0. The highest BCUT2D eigenvalue weighted by molar-refractivity contribution is 5.82. The number of para-hydroxylation sites is 1. The summed E-state index contributed by atoms with van der Waals surface area (Å²) in [5.74, 6) is 0.660. The number of hydrogen-bond acceptors (Lipinski definition) is 3. The van der Waals surface area contributed by atoms with Gasteiger partial charge >= 0.3 is 0 Å². The molecule has 1 heterocycles. The molecule has 3 rings (SSSR count). The van der Waals surface area contributed by atoms with Crippen molar-refractivity contribution < 1.29 is 13.9 Å². The van der Waals surface area contributed by atoms with E-state index in [0.717, 1.165) is 36.3 Å². The van der Waals surface area contributed by atoms with Gasteiger partial charge in [-0.3, -0.25) is 4.79 Å². The van der Waals surface area contributed by atoms with Crippen LogP contribution in [0.3, 0.4) is 0 Å². The third-order valence-corrected chi connectivity index (χ3v) is 4.81. The van der Waals surface area contributed by atoms with E-state index in [2.05, 4.69) is 5.32 Å². The lowest BCUT2D eigenvalue weighted by Crippen LogP contribution is -2.44. The van der Waals surface area contributed by atoms with E-state index in [4.69, 9.17) is 4.74 Å². The Hall–Kier alpha value is -2.40. The molecule has 0 bridgehead atoms. The van der Waals surface area contributed by atoms with Crippen LogP contribution in [0.1, 0.15) is 24.0 Å². The third-order valence-electron chi connectivity index (χ3n) is 4.81. The van der Waals surface area contributed by atoms with E-state index in [1.807, 2.05) is 29.2 Å². The number of carbonyl (C=O) groups excluding carboxylic acids is 1. The monoisotopic (exact) mass is 356 g/mol. The van der Waals surface area contributed by atoms with Crippen LogP contribution >= 0.6 is 0 Å². The summed E-state index contributed by atoms with van der Waals surface area (Å²) in [6.45, 7) is 1.97. The van der Waals surface area contributed by atoms with Gasteiger partial charge in [0.25, 0.3) is 0 Å². The molecule has 0 aromatic heterocycles. The molecule has 1 aliphatic heterocycles. The predicted octanol–water partition coefficient (Wildman–Crippen LogP) is 3.16. The molecule has 0 spiro atoms. The zero-order valence-corrected chi connectivity index (χ0v) is 15.1. The first-order chi connectivity index (χ1) is 12.7. The minimum Gasteiger partial charge on any atom is -0.496 e. The Labute approximate surface area is 154 Å². The Morgan fingerprint density at radius 3 is 2.69 bits per heavy atom. The Morgan fingerprint density at radius 2 is 2.00 bits per heavy atom. The lowest BCUT2D eigenvalue weighted by Gasteiger charge is -2.26. The molecular weight excluding hydrogens is 331 g/mol. The van der Waals surface area contributed by atoms with Crippen molar-refractivity contribution in [3.8, 4) is 5.75 Å². The van der Waals surface area contributed by atoms with Crippen LogP contribution in [0.5, 0.6) is 5.75 Å². The molecule has 1 N–H and O–H groups in total. The first-order valence-electron chi connectivity index (χ1n) is 9.06. The summed E-state index contributed by atoms with van der Waals surface area (Å²) in [6, 6.07) is 14.1. The highest BCUT2D eigenvalue weighted by Crippen LogP contribution is 2.21. The molecule has 2 aromatic rings. The summed E-state index contributed by atoms with van der Waals surface area (Å²) in [6.07, 6.45) is 2.59. The topological polar surface area (TPSA) is 41.6 Å². The molecule has 1 atom stereocenters. The minimum atomic E-state index is -0.245. The first kappa shape index (κ1) is 18.4. The van der Waals surface area contributed by atoms with Crippen molar-refractivity contribution in [3.63, 3.8) is 0 Å². The van der Waals surface area contributed by atoms with Gasteiger partial charge in [-0.1, -0.05) is 30.3 Å². The second kappa shape index (κ2) is 8.81. The average molecular weight is 356 g/mol. The fourth-order valence-electron chi connectivity index (χ4n) is 3.34. The Morgan fingerprint density at radius 1 is 1.23 bits per heavy atom. The molecule has 5 heteroatoms. The summed E-state index contributed by atoms with van der Waals surface area (Å²) < 4.78 is 18.5. The smallest absolute Gasteiger partial charge is 0.240 e. The fourth-order valence-corrected chi connectivity index (χ4v) is 3.34. The van der Waals surface area contributed by atoms with E-state index in [0.29, 0.717) is 19.5 Å². The normalized spacial score (nSPS) is 16.5. The number of carbonyl (C=O) groups is 1. The average Bonchev–Trinajstić information content (AvgIpc) is 3.21. The predicted molar refractivity (Wildman–Crippen MR) is 99.5 cm³/mol. The molecule has 2 aromatic carbocycles. The fraction of sp³-hybridized carbons (Fsp3) is 0.381. The van der Waals surface area contributed by atoms with Crippen molar-refractivity contribution in [2.45, 2.75) is 31.8 Å². The van der Waals surface area contributed by atoms with Crippen LogP contribution in [0.2, 0.25) is 0 Å². The number of amides is 1. The highest BCUT2D eigenvalue weighted by Gasteiger charge is 2.27. The van der Waals surface area contributed by atoms with E-state index in [-0.39, 0.29) is 17.8 Å². The number of methoxy groups -OCH3 is 1. The number of nitrogens with one attached hydrogen (secondary N) is 1. The van der Waals surface area contributed by atoms with E-state index in [9.17, 15) is 9.18 Å². The van der Waals surface area contributed by atoms with Gasteiger partial charge in [0.05, 0.1) is 13.2 Å². The van der Waals surface area contributed by atoms with Crippen LogP contribution in [-0.4, -0.2) is 37.0 Å². The van der Waals surface area contributed by atoms with Gasteiger partial charge in [-0.2, -0.15) is 0 Å². The van der Waals surface area contributed by atoms with Crippen molar-refractivity contribution in [1.82, 2.24) is 10.2 Å². The zero-order valence-electron chi connectivity index (χ0n) is 15.1. The van der Waals surface area contributed by atoms with Crippen LogP contribution in [0.4, 0.5) is 4.39 Å². The molecule has 0 unspecified atom stereocenters. The van der Waals surface area contributed by atoms with Crippen LogP contribution in [0, 0.1) is 5.82 Å². The summed E-state index contributed by atoms with van der Waals surface area (Å²) in [4.78, 5) is 14.9. The molecule has 4 nitrogen and oxygen atoms in total. The van der Waals surface area contributed by atoms with E-state index in [1.54, 1.807) is 19.2 Å². The largest absolute Gasteiger partial charge is 0.496 e. The molecule has 0 radical (unpaired) electrons. The molecule has 0 saturated carbocycles. The molecule has 1 aliphatic rings. The van der Waals surface area contributed by atoms with Crippen molar-refractivity contribution in [3.05, 3.63) is 65.5 Å². The number of benzene rings is 2. The lowest BCUT2D eigenvalue weighted by atomic mass is 10.1. The molecular formula is C21H25FN2O2. The number of nitrogens with zero attached hydrogens (tertiary/aromatic N) is 1. The zero-order chi connectivity index (χ0) is 18.4. The molecule has 1 amide bonds.